The predicted molar refractivity (Wildman–Crippen MR) is 64.7 cm³/mol. The number of halogens is 1. The highest BCUT2D eigenvalue weighted by Crippen LogP contribution is 2.21. The maximum Gasteiger partial charge on any atom is 0.325 e. The van der Waals surface area contributed by atoms with Crippen LogP contribution in [0.25, 0.3) is 0 Å². The third-order valence-electron chi connectivity index (χ3n) is 1.79. The summed E-state index contributed by atoms with van der Waals surface area (Å²) in [5.74, 6) is -0.290. The number of hydrogen-bond acceptors (Lipinski definition) is 5. The fourth-order valence-electron chi connectivity index (χ4n) is 0.946. The van der Waals surface area contributed by atoms with E-state index in [0.29, 0.717) is 5.01 Å². The average molecular weight is 285 g/mol. The van der Waals surface area contributed by atoms with Crippen molar-refractivity contribution in [3.8, 4) is 0 Å². The Morgan fingerprint density at radius 2 is 2.00 bits per heavy atom. The van der Waals surface area contributed by atoms with Crippen molar-refractivity contribution in [2.75, 3.05) is 5.75 Å². The van der Waals surface area contributed by atoms with Gasteiger partial charge in [0, 0.05) is 16.1 Å². The summed E-state index contributed by atoms with van der Waals surface area (Å²) in [5, 5.41) is 4.77. The molecule has 0 unspecified atom stereocenters. The maximum atomic E-state index is 11.5. The molecular formula is C8H13ClN2O3S2. The molecule has 16 heavy (non-hydrogen) atoms. The second kappa shape index (κ2) is 4.46. The molecule has 0 radical (unpaired) electrons. The highest BCUT2D eigenvalue weighted by Gasteiger charge is 2.20. The largest absolute Gasteiger partial charge is 0.325 e. The molecule has 0 spiro atoms. The van der Waals surface area contributed by atoms with E-state index in [1.165, 1.54) is 0 Å². The summed E-state index contributed by atoms with van der Waals surface area (Å²) in [7, 11) is 1.48. The summed E-state index contributed by atoms with van der Waals surface area (Å²) in [5.41, 5.74) is -0.213. The van der Waals surface area contributed by atoms with E-state index in [1.54, 1.807) is 0 Å². The molecule has 0 saturated heterocycles. The Morgan fingerprint density at radius 3 is 2.38 bits per heavy atom. The highest BCUT2D eigenvalue weighted by atomic mass is 35.7. The van der Waals surface area contributed by atoms with Crippen molar-refractivity contribution >= 4 is 31.1 Å². The van der Waals surface area contributed by atoms with Crippen LogP contribution in [0.2, 0.25) is 0 Å². The van der Waals surface area contributed by atoms with Gasteiger partial charge >= 0.3 is 4.87 Å². The molecule has 0 fully saturated rings. The molecule has 0 aromatic carbocycles. The summed E-state index contributed by atoms with van der Waals surface area (Å²) in [4.78, 5) is 11.2. The van der Waals surface area contributed by atoms with E-state index in [2.05, 4.69) is 5.10 Å². The topological polar surface area (TPSA) is 69.0 Å². The van der Waals surface area contributed by atoms with Crippen LogP contribution in [-0.2, 0) is 21.0 Å². The molecule has 0 N–H and O–H groups in total. The summed E-state index contributed by atoms with van der Waals surface area (Å²) >= 11 is 1.03. The first-order valence-corrected chi connectivity index (χ1v) is 7.90. The van der Waals surface area contributed by atoms with Crippen LogP contribution < -0.4 is 4.87 Å². The molecule has 8 heteroatoms. The Kier molecular flexibility index (Phi) is 3.81. The van der Waals surface area contributed by atoms with E-state index in [-0.39, 0.29) is 22.6 Å². The zero-order valence-corrected chi connectivity index (χ0v) is 11.6. The molecule has 1 heterocycles. The molecule has 92 valence electrons. The minimum absolute atomic E-state index is 0.00273. The standard InChI is InChI=1S/C8H13ClN2O3S2/c1-8(2,3)6-10-11(7(12)15-6)4-5-16(9,13)14/h4-5H2,1-3H3. The summed E-state index contributed by atoms with van der Waals surface area (Å²) in [6.45, 7) is 5.81. The number of rotatable bonds is 3. The second-order valence-corrected chi connectivity index (χ2v) is 8.23. The highest BCUT2D eigenvalue weighted by molar-refractivity contribution is 8.13. The third-order valence-corrected chi connectivity index (χ3v) is 4.20. The van der Waals surface area contributed by atoms with Crippen LogP contribution in [0, 0.1) is 0 Å². The van der Waals surface area contributed by atoms with Crippen LogP contribution in [0.1, 0.15) is 25.8 Å². The molecule has 0 saturated carbocycles. The molecule has 0 amide bonds. The predicted octanol–water partition coefficient (Wildman–Crippen LogP) is 1.17. The van der Waals surface area contributed by atoms with Crippen molar-refractivity contribution in [1.82, 2.24) is 9.78 Å². The number of aromatic nitrogens is 2. The van der Waals surface area contributed by atoms with Crippen molar-refractivity contribution in [2.45, 2.75) is 32.7 Å². The second-order valence-electron chi connectivity index (χ2n) is 4.39. The monoisotopic (exact) mass is 284 g/mol. The van der Waals surface area contributed by atoms with Gasteiger partial charge in [-0.3, -0.25) is 4.79 Å². The molecule has 1 aromatic rings. The van der Waals surface area contributed by atoms with Crippen LogP contribution >= 0.6 is 22.0 Å². The van der Waals surface area contributed by atoms with Crippen LogP contribution in [0.15, 0.2) is 4.79 Å². The molecule has 5 nitrogen and oxygen atoms in total. The Labute approximate surface area is 102 Å². The first kappa shape index (κ1) is 13.7. The lowest BCUT2D eigenvalue weighted by Gasteiger charge is -2.12. The van der Waals surface area contributed by atoms with Gasteiger partial charge in [0.25, 0.3) is 0 Å². The summed E-state index contributed by atoms with van der Waals surface area (Å²) in [6, 6.07) is 0. The van der Waals surface area contributed by atoms with E-state index >= 15 is 0 Å². The molecule has 0 aliphatic rings. The van der Waals surface area contributed by atoms with Gasteiger partial charge in [0.05, 0.1) is 12.3 Å². The molecule has 0 bridgehead atoms. The Morgan fingerprint density at radius 1 is 1.44 bits per heavy atom. The Balaban J connectivity index is 2.92. The van der Waals surface area contributed by atoms with Crippen molar-refractivity contribution in [2.24, 2.45) is 0 Å². The summed E-state index contributed by atoms with van der Waals surface area (Å²) < 4.78 is 22.6. The van der Waals surface area contributed by atoms with Gasteiger partial charge in [-0.05, 0) is 0 Å². The molecular weight excluding hydrogens is 272 g/mol. The van der Waals surface area contributed by atoms with Crippen LogP contribution in [-0.4, -0.2) is 24.0 Å². The van der Waals surface area contributed by atoms with Crippen LogP contribution in [0.5, 0.6) is 0 Å². The first-order chi connectivity index (χ1) is 7.09. The van der Waals surface area contributed by atoms with Gasteiger partial charge in [0.15, 0.2) is 0 Å². The minimum Gasteiger partial charge on any atom is -0.255 e. The zero-order chi connectivity index (χ0) is 12.6. The number of hydrogen-bond donors (Lipinski definition) is 0. The molecule has 0 aliphatic carbocycles. The van der Waals surface area contributed by atoms with E-state index in [0.717, 1.165) is 16.0 Å². The van der Waals surface area contributed by atoms with Gasteiger partial charge in [-0.25, -0.2) is 13.1 Å². The maximum absolute atomic E-state index is 11.5. The normalized spacial score (nSPS) is 13.0. The third kappa shape index (κ3) is 3.88. The van der Waals surface area contributed by atoms with Gasteiger partial charge in [-0.15, -0.1) is 0 Å². The molecule has 0 aliphatic heterocycles. The zero-order valence-electron chi connectivity index (χ0n) is 9.23. The van der Waals surface area contributed by atoms with Gasteiger partial charge in [0.2, 0.25) is 9.05 Å². The van der Waals surface area contributed by atoms with Gasteiger partial charge in [0.1, 0.15) is 5.01 Å². The molecule has 0 atom stereocenters. The number of aryl methyl sites for hydroxylation is 1. The van der Waals surface area contributed by atoms with Crippen molar-refractivity contribution < 1.29 is 8.42 Å². The Bertz CT molecular complexity index is 524. The fourth-order valence-corrected chi connectivity index (χ4v) is 2.39. The van der Waals surface area contributed by atoms with Gasteiger partial charge in [-0.1, -0.05) is 32.1 Å². The van der Waals surface area contributed by atoms with E-state index in [9.17, 15) is 13.2 Å². The van der Waals surface area contributed by atoms with Crippen LogP contribution in [0.4, 0.5) is 0 Å². The van der Waals surface area contributed by atoms with Gasteiger partial charge in [-0.2, -0.15) is 5.10 Å². The van der Waals surface area contributed by atoms with Crippen molar-refractivity contribution in [3.05, 3.63) is 14.7 Å². The van der Waals surface area contributed by atoms with Crippen LogP contribution in [0.3, 0.4) is 0 Å². The van der Waals surface area contributed by atoms with E-state index in [1.807, 2.05) is 20.8 Å². The lowest BCUT2D eigenvalue weighted by atomic mass is 9.98. The van der Waals surface area contributed by atoms with E-state index < -0.39 is 9.05 Å². The van der Waals surface area contributed by atoms with E-state index in [4.69, 9.17) is 10.7 Å². The Hall–Kier alpha value is -0.400. The number of nitrogens with zero attached hydrogens (tertiary/aromatic N) is 2. The van der Waals surface area contributed by atoms with Crippen molar-refractivity contribution in [1.29, 1.82) is 0 Å². The quantitative estimate of drug-likeness (QED) is 0.782. The lowest BCUT2D eigenvalue weighted by Crippen LogP contribution is -2.19. The van der Waals surface area contributed by atoms with Gasteiger partial charge < -0.3 is 0 Å². The minimum atomic E-state index is -3.59. The lowest BCUT2D eigenvalue weighted by molar-refractivity contribution is 0.539. The SMILES string of the molecule is CC(C)(C)c1nn(CCS(=O)(=O)Cl)c(=O)s1. The smallest absolute Gasteiger partial charge is 0.255 e. The van der Waals surface area contributed by atoms with Crippen molar-refractivity contribution in [3.63, 3.8) is 0 Å². The fraction of sp³-hybridized carbons (Fsp3) is 0.750. The first-order valence-electron chi connectivity index (χ1n) is 4.60. The summed E-state index contributed by atoms with van der Waals surface area (Å²) in [6.07, 6.45) is 0. The molecule has 1 rings (SSSR count). The molecule has 1 aromatic heterocycles. The average Bonchev–Trinajstić information content (AvgIpc) is 2.41.